The molecule has 1 aliphatic heterocycles. The molecule has 7 heteroatoms. The van der Waals surface area contributed by atoms with Crippen molar-refractivity contribution in [2.45, 2.75) is 38.8 Å². The number of rotatable bonds is 7. The van der Waals surface area contributed by atoms with Gasteiger partial charge in [-0.15, -0.1) is 0 Å². The number of hydrogen-bond donors (Lipinski definition) is 1. The first-order valence-corrected chi connectivity index (χ1v) is 9.47. The largest absolute Gasteiger partial charge is 0.380 e. The smallest absolute Gasteiger partial charge is 0.242 e. The third-order valence-corrected chi connectivity index (χ3v) is 5.93. The summed E-state index contributed by atoms with van der Waals surface area (Å²) >= 11 is 0. The van der Waals surface area contributed by atoms with E-state index in [0.29, 0.717) is 38.1 Å². The molecule has 0 radical (unpaired) electrons. The molecule has 1 atom stereocenters. The highest BCUT2D eigenvalue weighted by Gasteiger charge is 2.37. The van der Waals surface area contributed by atoms with Crippen molar-refractivity contribution in [1.82, 2.24) is 4.31 Å². The second-order valence-corrected chi connectivity index (χ2v) is 7.75. The van der Waals surface area contributed by atoms with Gasteiger partial charge in [0.1, 0.15) is 6.04 Å². The van der Waals surface area contributed by atoms with Gasteiger partial charge in [0.15, 0.2) is 0 Å². The maximum atomic E-state index is 12.4. The van der Waals surface area contributed by atoms with Gasteiger partial charge < -0.3 is 10.1 Å². The normalized spacial score (nSPS) is 19.0. The highest BCUT2D eigenvalue weighted by atomic mass is 32.2. The monoisotopic (exact) mass is 340 g/mol. The summed E-state index contributed by atoms with van der Waals surface area (Å²) < 4.78 is 30.9. The average Bonchev–Trinajstić information content (AvgIpc) is 3.00. The number of sulfonamides is 1. The molecule has 1 N–H and O–H groups in total. The first kappa shape index (κ1) is 17.9. The number of benzene rings is 1. The fourth-order valence-electron chi connectivity index (χ4n) is 2.79. The van der Waals surface area contributed by atoms with Crippen LogP contribution in [0.25, 0.3) is 0 Å². The Morgan fingerprint density at radius 1 is 1.35 bits per heavy atom. The number of anilines is 1. The number of ether oxygens (including phenoxy) is 1. The van der Waals surface area contributed by atoms with Gasteiger partial charge in [-0.1, -0.05) is 19.1 Å². The van der Waals surface area contributed by atoms with Crippen LogP contribution in [0.15, 0.2) is 24.3 Å². The molecular weight excluding hydrogens is 316 g/mol. The molecule has 1 aromatic carbocycles. The van der Waals surface area contributed by atoms with Gasteiger partial charge in [-0.05, 0) is 37.0 Å². The minimum absolute atomic E-state index is 0.0858. The number of hydrogen-bond acceptors (Lipinski definition) is 4. The molecule has 0 spiro atoms. The zero-order chi connectivity index (χ0) is 16.9. The Morgan fingerprint density at radius 2 is 2.04 bits per heavy atom. The van der Waals surface area contributed by atoms with E-state index in [1.54, 1.807) is 19.2 Å². The predicted octanol–water partition coefficient (Wildman–Crippen LogP) is 1.98. The van der Waals surface area contributed by atoms with Crippen LogP contribution < -0.4 is 5.32 Å². The van der Waals surface area contributed by atoms with Crippen molar-refractivity contribution in [1.29, 1.82) is 0 Å². The van der Waals surface area contributed by atoms with E-state index in [4.69, 9.17) is 4.74 Å². The van der Waals surface area contributed by atoms with E-state index >= 15 is 0 Å². The van der Waals surface area contributed by atoms with Gasteiger partial charge in [-0.2, -0.15) is 4.31 Å². The molecule has 128 valence electrons. The summed E-state index contributed by atoms with van der Waals surface area (Å²) in [5.74, 6) is -0.177. The van der Waals surface area contributed by atoms with Crippen LogP contribution in [0.3, 0.4) is 0 Å². The molecule has 0 saturated carbocycles. The van der Waals surface area contributed by atoms with Crippen LogP contribution in [0.1, 0.15) is 31.7 Å². The molecule has 0 unspecified atom stereocenters. The fraction of sp³-hybridized carbons (Fsp3) is 0.562. The highest BCUT2D eigenvalue weighted by Crippen LogP contribution is 2.23. The van der Waals surface area contributed by atoms with Gasteiger partial charge in [-0.3, -0.25) is 4.79 Å². The van der Waals surface area contributed by atoms with Crippen molar-refractivity contribution < 1.29 is 17.9 Å². The zero-order valence-corrected chi connectivity index (χ0v) is 14.4. The van der Waals surface area contributed by atoms with Crippen molar-refractivity contribution in [2.75, 3.05) is 24.7 Å². The molecule has 1 amide bonds. The lowest BCUT2D eigenvalue weighted by Gasteiger charge is -2.23. The van der Waals surface area contributed by atoms with Crippen molar-refractivity contribution >= 4 is 21.6 Å². The third-order valence-electron chi connectivity index (χ3n) is 3.86. The maximum Gasteiger partial charge on any atom is 0.242 e. The first-order chi connectivity index (χ1) is 11.0. The van der Waals surface area contributed by atoms with Crippen LogP contribution >= 0.6 is 0 Å². The third kappa shape index (κ3) is 4.53. The van der Waals surface area contributed by atoms with Crippen LogP contribution in [0.2, 0.25) is 0 Å². The van der Waals surface area contributed by atoms with E-state index in [9.17, 15) is 13.2 Å². The fourth-order valence-corrected chi connectivity index (χ4v) is 4.53. The van der Waals surface area contributed by atoms with Gasteiger partial charge in [0.05, 0.1) is 12.4 Å². The zero-order valence-electron chi connectivity index (χ0n) is 13.6. The van der Waals surface area contributed by atoms with Crippen LogP contribution in [-0.4, -0.2) is 44.1 Å². The highest BCUT2D eigenvalue weighted by molar-refractivity contribution is 7.89. The SMILES string of the molecule is CCCS(=O)(=O)N1CCC[C@H]1C(=O)Nc1ccc(COC)cc1. The van der Waals surface area contributed by atoms with Crippen molar-refractivity contribution in [2.24, 2.45) is 0 Å². The molecule has 0 bridgehead atoms. The molecule has 1 aliphatic rings. The lowest BCUT2D eigenvalue weighted by atomic mass is 10.2. The summed E-state index contributed by atoms with van der Waals surface area (Å²) in [4.78, 5) is 12.4. The van der Waals surface area contributed by atoms with Crippen molar-refractivity contribution in [3.63, 3.8) is 0 Å². The van der Waals surface area contributed by atoms with Gasteiger partial charge in [-0.25, -0.2) is 8.42 Å². The summed E-state index contributed by atoms with van der Waals surface area (Å²) in [6, 6.07) is 6.74. The van der Waals surface area contributed by atoms with Gasteiger partial charge in [0.25, 0.3) is 0 Å². The summed E-state index contributed by atoms with van der Waals surface area (Å²) in [5.41, 5.74) is 1.67. The van der Waals surface area contributed by atoms with E-state index in [1.807, 2.05) is 19.1 Å². The molecule has 0 aliphatic carbocycles. The van der Waals surface area contributed by atoms with Gasteiger partial charge in [0, 0.05) is 19.3 Å². The minimum Gasteiger partial charge on any atom is -0.380 e. The van der Waals surface area contributed by atoms with E-state index in [2.05, 4.69) is 5.32 Å². The first-order valence-electron chi connectivity index (χ1n) is 7.86. The van der Waals surface area contributed by atoms with E-state index in [0.717, 1.165) is 5.56 Å². The van der Waals surface area contributed by atoms with E-state index in [1.165, 1.54) is 4.31 Å². The lowest BCUT2D eigenvalue weighted by molar-refractivity contribution is -0.119. The standard InChI is InChI=1S/C16H24N2O4S/c1-3-11-23(20,21)18-10-4-5-15(18)16(19)17-14-8-6-13(7-9-14)12-22-2/h6-9,15H,3-5,10-12H2,1-2H3,(H,17,19)/t15-/m0/s1. The van der Waals surface area contributed by atoms with Crippen LogP contribution in [-0.2, 0) is 26.2 Å². The Balaban J connectivity index is 2.04. The van der Waals surface area contributed by atoms with Crippen molar-refractivity contribution in [3.05, 3.63) is 29.8 Å². The number of nitrogens with one attached hydrogen (secondary N) is 1. The summed E-state index contributed by atoms with van der Waals surface area (Å²) in [5, 5.41) is 2.81. The second-order valence-electron chi connectivity index (χ2n) is 5.70. The molecule has 23 heavy (non-hydrogen) atoms. The Labute approximate surface area is 137 Å². The Morgan fingerprint density at radius 3 is 2.65 bits per heavy atom. The number of amides is 1. The van der Waals surface area contributed by atoms with Gasteiger partial charge >= 0.3 is 0 Å². The van der Waals surface area contributed by atoms with Crippen LogP contribution in [0, 0.1) is 0 Å². The summed E-state index contributed by atoms with van der Waals surface area (Å²) in [6.45, 7) is 2.76. The molecule has 1 heterocycles. The number of methoxy groups -OCH3 is 1. The number of carbonyl (C=O) groups excluding carboxylic acids is 1. The summed E-state index contributed by atoms with van der Waals surface area (Å²) in [6.07, 6.45) is 1.83. The maximum absolute atomic E-state index is 12.4. The van der Waals surface area contributed by atoms with Crippen LogP contribution in [0.4, 0.5) is 5.69 Å². The Kier molecular flexibility index (Phi) is 6.15. The van der Waals surface area contributed by atoms with Crippen LogP contribution in [0.5, 0.6) is 0 Å². The number of carbonyl (C=O) groups is 1. The molecule has 0 aromatic heterocycles. The topological polar surface area (TPSA) is 75.7 Å². The lowest BCUT2D eigenvalue weighted by Crippen LogP contribution is -2.44. The van der Waals surface area contributed by atoms with Crippen molar-refractivity contribution in [3.8, 4) is 0 Å². The number of nitrogens with zero attached hydrogens (tertiary/aromatic N) is 1. The Hall–Kier alpha value is -1.44. The molecule has 2 rings (SSSR count). The summed E-state index contributed by atoms with van der Waals surface area (Å²) in [7, 11) is -1.73. The predicted molar refractivity (Wildman–Crippen MR) is 89.6 cm³/mol. The second kappa shape index (κ2) is 7.90. The molecule has 1 fully saturated rings. The van der Waals surface area contributed by atoms with E-state index in [-0.39, 0.29) is 11.7 Å². The molecule has 6 nitrogen and oxygen atoms in total. The quantitative estimate of drug-likeness (QED) is 0.823. The average molecular weight is 340 g/mol. The molecule has 1 saturated heterocycles. The molecule has 1 aromatic rings. The minimum atomic E-state index is -3.35. The Bertz CT molecular complexity index is 628. The van der Waals surface area contributed by atoms with E-state index < -0.39 is 16.1 Å². The van der Waals surface area contributed by atoms with Gasteiger partial charge in [0.2, 0.25) is 15.9 Å². The molecular formula is C16H24N2O4S.